The molecule has 1 aliphatic carbocycles. The van der Waals surface area contributed by atoms with Crippen LogP contribution >= 0.6 is 0 Å². The van der Waals surface area contributed by atoms with Crippen molar-refractivity contribution in [2.75, 3.05) is 0 Å². The maximum atomic E-state index is 10.5. The Bertz CT molecular complexity index is 427. The first-order chi connectivity index (χ1) is 10.0. The Labute approximate surface area is 146 Å². The Morgan fingerprint density at radius 3 is 1.70 bits per heavy atom. The molecule has 23 heavy (non-hydrogen) atoms. The number of aliphatic hydroxyl groups is 1. The van der Waals surface area contributed by atoms with Crippen LogP contribution in [0.3, 0.4) is 0 Å². The van der Waals surface area contributed by atoms with Gasteiger partial charge in [0.25, 0.3) is 0 Å². The van der Waals surface area contributed by atoms with Gasteiger partial charge in [-0.1, -0.05) is 76.2 Å². The van der Waals surface area contributed by atoms with E-state index < -0.39 is 0 Å². The van der Waals surface area contributed by atoms with Crippen molar-refractivity contribution in [1.29, 1.82) is 0 Å². The minimum atomic E-state index is -0.307. The summed E-state index contributed by atoms with van der Waals surface area (Å²) in [5.74, 6) is 1.40. The van der Waals surface area contributed by atoms with Crippen LogP contribution in [-0.4, -0.2) is 11.2 Å². The van der Waals surface area contributed by atoms with Gasteiger partial charge in [-0.2, -0.15) is 0 Å². The third-order valence-electron chi connectivity index (χ3n) is 9.94. The first-order valence-corrected chi connectivity index (χ1v) is 9.69. The van der Waals surface area contributed by atoms with Gasteiger partial charge in [0.05, 0.1) is 6.10 Å². The SMILES string of the molecule is CCC(C)(C1CC(C)C(C)(C)C1(C)C)C(C)(C)C(C)(C)C(C)O. The van der Waals surface area contributed by atoms with Gasteiger partial charge in [0.15, 0.2) is 0 Å². The maximum Gasteiger partial charge on any atom is 0.0568 e. The van der Waals surface area contributed by atoms with E-state index in [1.54, 1.807) is 0 Å². The molecule has 0 heterocycles. The highest BCUT2D eigenvalue weighted by atomic mass is 16.3. The molecule has 1 fully saturated rings. The van der Waals surface area contributed by atoms with Crippen molar-refractivity contribution in [3.8, 4) is 0 Å². The van der Waals surface area contributed by atoms with Gasteiger partial charge in [0, 0.05) is 0 Å². The highest BCUT2D eigenvalue weighted by molar-refractivity contribution is 5.11. The van der Waals surface area contributed by atoms with E-state index in [0.29, 0.717) is 16.7 Å². The Balaban J connectivity index is 3.47. The van der Waals surface area contributed by atoms with Gasteiger partial charge in [-0.15, -0.1) is 0 Å². The number of aliphatic hydroxyl groups excluding tert-OH is 1. The van der Waals surface area contributed by atoms with E-state index >= 15 is 0 Å². The van der Waals surface area contributed by atoms with Gasteiger partial charge >= 0.3 is 0 Å². The Hall–Kier alpha value is -0.0400. The molecule has 0 spiro atoms. The van der Waals surface area contributed by atoms with E-state index in [9.17, 15) is 5.11 Å². The van der Waals surface area contributed by atoms with Gasteiger partial charge in [0.2, 0.25) is 0 Å². The summed E-state index contributed by atoms with van der Waals surface area (Å²) in [6.07, 6.45) is 2.15. The van der Waals surface area contributed by atoms with Crippen LogP contribution in [0.5, 0.6) is 0 Å². The van der Waals surface area contributed by atoms with Crippen molar-refractivity contribution in [3.63, 3.8) is 0 Å². The molecule has 4 unspecified atom stereocenters. The second-order valence-electron chi connectivity index (χ2n) is 10.9. The molecule has 0 aromatic rings. The van der Waals surface area contributed by atoms with E-state index in [-0.39, 0.29) is 22.3 Å². The topological polar surface area (TPSA) is 20.2 Å². The lowest BCUT2D eigenvalue weighted by molar-refractivity contribution is -0.144. The molecule has 1 saturated carbocycles. The summed E-state index contributed by atoms with van der Waals surface area (Å²) in [6.45, 7) is 28.4. The summed E-state index contributed by atoms with van der Waals surface area (Å²) in [5.41, 5.74) is 0.760. The highest BCUT2D eigenvalue weighted by Crippen LogP contribution is 2.69. The molecular formula is C22H44O. The van der Waals surface area contributed by atoms with Crippen molar-refractivity contribution in [2.45, 2.75) is 102 Å². The lowest BCUT2D eigenvalue weighted by Gasteiger charge is -2.60. The Kier molecular flexibility index (Phi) is 5.25. The molecule has 0 radical (unpaired) electrons. The molecule has 0 bridgehead atoms. The van der Waals surface area contributed by atoms with Crippen molar-refractivity contribution in [2.24, 2.45) is 38.9 Å². The van der Waals surface area contributed by atoms with Gasteiger partial charge < -0.3 is 5.11 Å². The molecule has 1 nitrogen and oxygen atoms in total. The van der Waals surface area contributed by atoms with Crippen molar-refractivity contribution >= 4 is 0 Å². The van der Waals surface area contributed by atoms with E-state index in [0.717, 1.165) is 12.3 Å². The minimum Gasteiger partial charge on any atom is -0.393 e. The molecule has 1 heteroatoms. The smallest absolute Gasteiger partial charge is 0.0568 e. The molecule has 0 amide bonds. The standard InChI is InChI=1S/C22H44O/c1-13-22(12,21(10,11)19(6,7)16(3)23)17-14-15(2)18(4,5)20(17,8)9/h15-17,23H,13-14H2,1-12H3. The van der Waals surface area contributed by atoms with Crippen LogP contribution in [-0.2, 0) is 0 Å². The van der Waals surface area contributed by atoms with E-state index in [2.05, 4.69) is 76.2 Å². The zero-order valence-electron chi connectivity index (χ0n) is 18.1. The molecule has 0 aromatic carbocycles. The van der Waals surface area contributed by atoms with Crippen LogP contribution in [0.15, 0.2) is 0 Å². The molecule has 1 rings (SSSR count). The van der Waals surface area contributed by atoms with E-state index in [1.165, 1.54) is 6.42 Å². The molecule has 138 valence electrons. The van der Waals surface area contributed by atoms with Crippen LogP contribution in [0, 0.1) is 38.9 Å². The predicted molar refractivity (Wildman–Crippen MR) is 102 cm³/mol. The van der Waals surface area contributed by atoms with Gasteiger partial charge in [0.1, 0.15) is 0 Å². The van der Waals surface area contributed by atoms with Gasteiger partial charge in [-0.25, -0.2) is 0 Å². The normalized spacial score (nSPS) is 31.7. The molecule has 0 aliphatic heterocycles. The second-order valence-corrected chi connectivity index (χ2v) is 10.9. The summed E-state index contributed by atoms with van der Waals surface area (Å²) in [5, 5.41) is 10.5. The predicted octanol–water partition coefficient (Wildman–Crippen LogP) is 6.54. The van der Waals surface area contributed by atoms with Crippen LogP contribution in [0.1, 0.15) is 95.9 Å². The highest BCUT2D eigenvalue weighted by Gasteiger charge is 2.63. The van der Waals surface area contributed by atoms with Gasteiger partial charge in [-0.3, -0.25) is 0 Å². The number of hydrogen-bond donors (Lipinski definition) is 1. The third-order valence-corrected chi connectivity index (χ3v) is 9.94. The summed E-state index contributed by atoms with van der Waals surface area (Å²) in [4.78, 5) is 0. The van der Waals surface area contributed by atoms with Crippen LogP contribution in [0.25, 0.3) is 0 Å². The Morgan fingerprint density at radius 1 is 1.00 bits per heavy atom. The van der Waals surface area contributed by atoms with E-state index in [1.807, 2.05) is 6.92 Å². The fraction of sp³-hybridized carbons (Fsp3) is 1.00. The van der Waals surface area contributed by atoms with E-state index in [4.69, 9.17) is 0 Å². The van der Waals surface area contributed by atoms with Crippen molar-refractivity contribution in [1.82, 2.24) is 0 Å². The molecular weight excluding hydrogens is 280 g/mol. The van der Waals surface area contributed by atoms with Crippen molar-refractivity contribution in [3.05, 3.63) is 0 Å². The fourth-order valence-electron chi connectivity index (χ4n) is 5.47. The first-order valence-electron chi connectivity index (χ1n) is 9.69. The molecule has 0 aromatic heterocycles. The molecule has 1 aliphatic rings. The largest absolute Gasteiger partial charge is 0.393 e. The van der Waals surface area contributed by atoms with Crippen LogP contribution in [0.4, 0.5) is 0 Å². The van der Waals surface area contributed by atoms with Crippen molar-refractivity contribution < 1.29 is 5.11 Å². The summed E-state index contributed by atoms with van der Waals surface area (Å²) in [7, 11) is 0. The zero-order valence-corrected chi connectivity index (χ0v) is 18.1. The van der Waals surface area contributed by atoms with Crippen LogP contribution in [0.2, 0.25) is 0 Å². The zero-order chi connectivity index (χ0) is 18.6. The maximum absolute atomic E-state index is 10.5. The number of rotatable bonds is 5. The summed E-state index contributed by atoms with van der Waals surface area (Å²) < 4.78 is 0. The third kappa shape index (κ3) is 2.60. The monoisotopic (exact) mass is 324 g/mol. The van der Waals surface area contributed by atoms with Crippen LogP contribution < -0.4 is 0 Å². The number of hydrogen-bond acceptors (Lipinski definition) is 1. The lowest BCUT2D eigenvalue weighted by Crippen LogP contribution is -2.56. The summed E-state index contributed by atoms with van der Waals surface area (Å²) >= 11 is 0. The fourth-order valence-corrected chi connectivity index (χ4v) is 5.47. The molecule has 0 saturated heterocycles. The molecule has 4 atom stereocenters. The average Bonchev–Trinajstić information content (AvgIpc) is 2.57. The summed E-state index contributed by atoms with van der Waals surface area (Å²) in [6, 6.07) is 0. The minimum absolute atomic E-state index is 0.0466. The molecule has 1 N–H and O–H groups in total. The first kappa shape index (κ1) is 21.0. The average molecular weight is 325 g/mol. The lowest BCUT2D eigenvalue weighted by atomic mass is 9.45. The Morgan fingerprint density at radius 2 is 1.43 bits per heavy atom. The second kappa shape index (κ2) is 5.75. The van der Waals surface area contributed by atoms with Gasteiger partial charge in [-0.05, 0) is 58.7 Å². The quantitative estimate of drug-likeness (QED) is 0.608.